The van der Waals surface area contributed by atoms with E-state index in [9.17, 15) is 23.2 Å². The smallest absolute Gasteiger partial charge is 0.302 e. The minimum atomic E-state index is -4.81. The largest absolute Gasteiger partial charge is 0.417 e. The molecule has 0 atom stereocenters. The van der Waals surface area contributed by atoms with Gasteiger partial charge in [0.15, 0.2) is 0 Å². The number of hydrogen-bond acceptors (Lipinski definition) is 4. The normalized spacial score (nSPS) is 11.4. The van der Waals surface area contributed by atoms with E-state index in [4.69, 9.17) is 0 Å². The molecule has 0 spiro atoms. The van der Waals surface area contributed by atoms with Crippen molar-refractivity contribution in [3.63, 3.8) is 0 Å². The number of hydrogen-bond donors (Lipinski definition) is 0. The lowest BCUT2D eigenvalue weighted by Crippen LogP contribution is -2.28. The van der Waals surface area contributed by atoms with Crippen molar-refractivity contribution in [1.82, 2.24) is 9.55 Å². The molecule has 0 aliphatic carbocycles. The summed E-state index contributed by atoms with van der Waals surface area (Å²) in [6.07, 6.45) is -4.81. The van der Waals surface area contributed by atoms with Gasteiger partial charge in [0, 0.05) is 0 Å². The Balaban J connectivity index is 2.35. The maximum Gasteiger partial charge on any atom is 0.417 e. The molecule has 0 aliphatic heterocycles. The van der Waals surface area contributed by atoms with E-state index >= 15 is 0 Å². The van der Waals surface area contributed by atoms with Crippen molar-refractivity contribution in [2.24, 2.45) is 0 Å². The van der Waals surface area contributed by atoms with Crippen LogP contribution in [0.1, 0.15) is 27.4 Å². The highest BCUT2D eigenvalue weighted by Gasteiger charge is 2.37. The Morgan fingerprint density at radius 1 is 1.22 bits per heavy atom. The SMILES string of the molecule is Cc1nc(C)c(-c2cc(C(F)(F)F)c(C#N)c(=O)n2Cc2ccccc2)s1. The van der Waals surface area contributed by atoms with Crippen LogP contribution in [-0.4, -0.2) is 9.55 Å². The van der Waals surface area contributed by atoms with E-state index < -0.39 is 22.9 Å². The van der Waals surface area contributed by atoms with Crippen LogP contribution in [0.2, 0.25) is 0 Å². The molecule has 0 radical (unpaired) electrons. The first-order chi connectivity index (χ1) is 12.7. The summed E-state index contributed by atoms with van der Waals surface area (Å²) >= 11 is 1.21. The van der Waals surface area contributed by atoms with Gasteiger partial charge in [-0.1, -0.05) is 30.3 Å². The van der Waals surface area contributed by atoms with Gasteiger partial charge in [-0.3, -0.25) is 4.79 Å². The molecule has 0 saturated carbocycles. The molecule has 3 rings (SSSR count). The molecule has 0 saturated heterocycles. The standard InChI is InChI=1S/C19H14F3N3OS/c1-11-17(27-12(2)24-11)16-8-15(19(20,21)22)14(9-23)18(26)25(16)10-13-6-4-3-5-7-13/h3-8H,10H2,1-2H3. The Labute approximate surface area is 157 Å². The van der Waals surface area contributed by atoms with Crippen molar-refractivity contribution < 1.29 is 13.2 Å². The molecular formula is C19H14F3N3OS. The molecule has 0 unspecified atom stereocenters. The summed E-state index contributed by atoms with van der Waals surface area (Å²) < 4.78 is 41.6. The van der Waals surface area contributed by atoms with Gasteiger partial charge in [-0.15, -0.1) is 11.3 Å². The minimum Gasteiger partial charge on any atom is -0.302 e. The Kier molecular flexibility index (Phi) is 4.89. The summed E-state index contributed by atoms with van der Waals surface area (Å²) in [4.78, 5) is 17.5. The van der Waals surface area contributed by atoms with E-state index in [1.807, 2.05) is 0 Å². The van der Waals surface area contributed by atoms with Crippen LogP contribution in [0.4, 0.5) is 13.2 Å². The average molecular weight is 389 g/mol. The molecule has 2 heterocycles. The fourth-order valence-electron chi connectivity index (χ4n) is 2.86. The molecule has 0 amide bonds. The van der Waals surface area contributed by atoms with Crippen molar-refractivity contribution in [2.45, 2.75) is 26.6 Å². The van der Waals surface area contributed by atoms with Gasteiger partial charge < -0.3 is 4.57 Å². The lowest BCUT2D eigenvalue weighted by atomic mass is 10.1. The Morgan fingerprint density at radius 3 is 2.41 bits per heavy atom. The minimum absolute atomic E-state index is 0.0538. The van der Waals surface area contributed by atoms with E-state index in [0.29, 0.717) is 15.6 Å². The molecule has 8 heteroatoms. The van der Waals surface area contributed by atoms with Crippen LogP contribution in [0.5, 0.6) is 0 Å². The number of rotatable bonds is 3. The topological polar surface area (TPSA) is 58.7 Å². The highest BCUT2D eigenvalue weighted by atomic mass is 32.1. The van der Waals surface area contributed by atoms with Gasteiger partial charge in [-0.2, -0.15) is 18.4 Å². The van der Waals surface area contributed by atoms with Gasteiger partial charge in [-0.05, 0) is 25.5 Å². The third kappa shape index (κ3) is 3.64. The molecule has 27 heavy (non-hydrogen) atoms. The first-order valence-corrected chi connectivity index (χ1v) is 8.77. The highest BCUT2D eigenvalue weighted by molar-refractivity contribution is 7.15. The average Bonchev–Trinajstić information content (AvgIpc) is 2.94. The number of alkyl halides is 3. The van der Waals surface area contributed by atoms with Crippen molar-refractivity contribution >= 4 is 11.3 Å². The summed E-state index contributed by atoms with van der Waals surface area (Å²) in [7, 11) is 0. The summed E-state index contributed by atoms with van der Waals surface area (Å²) in [5.74, 6) is 0. The van der Waals surface area contributed by atoms with Crippen LogP contribution in [0, 0.1) is 25.2 Å². The van der Waals surface area contributed by atoms with E-state index in [-0.39, 0.29) is 12.2 Å². The summed E-state index contributed by atoms with van der Waals surface area (Å²) in [5, 5.41) is 9.88. The molecule has 0 aliphatic rings. The molecule has 0 N–H and O–H groups in total. The molecule has 2 aromatic heterocycles. The van der Waals surface area contributed by atoms with Crippen molar-refractivity contribution in [2.75, 3.05) is 0 Å². The van der Waals surface area contributed by atoms with Crippen molar-refractivity contribution in [1.29, 1.82) is 5.26 Å². The highest BCUT2D eigenvalue weighted by Crippen LogP contribution is 2.36. The Hall–Kier alpha value is -2.92. The fraction of sp³-hybridized carbons (Fsp3) is 0.211. The Morgan fingerprint density at radius 2 is 1.89 bits per heavy atom. The van der Waals surface area contributed by atoms with Gasteiger partial charge in [0.25, 0.3) is 5.56 Å². The predicted molar refractivity (Wildman–Crippen MR) is 96.5 cm³/mol. The number of benzene rings is 1. The number of aromatic nitrogens is 2. The molecule has 1 aromatic carbocycles. The third-order valence-corrected chi connectivity index (χ3v) is 5.13. The van der Waals surface area contributed by atoms with Crippen LogP contribution in [-0.2, 0) is 12.7 Å². The number of nitrogens with zero attached hydrogens (tertiary/aromatic N) is 3. The second-order valence-corrected chi connectivity index (χ2v) is 7.16. The van der Waals surface area contributed by atoms with Crippen molar-refractivity contribution in [3.05, 3.63) is 74.1 Å². The number of aryl methyl sites for hydroxylation is 2. The fourth-order valence-corrected chi connectivity index (χ4v) is 3.80. The summed E-state index contributed by atoms with van der Waals surface area (Å²) in [5.41, 5.74) is -1.70. The molecule has 4 nitrogen and oxygen atoms in total. The van der Waals surface area contributed by atoms with Gasteiger partial charge in [-0.25, -0.2) is 4.98 Å². The van der Waals surface area contributed by atoms with Crippen LogP contribution < -0.4 is 5.56 Å². The lowest BCUT2D eigenvalue weighted by molar-refractivity contribution is -0.137. The van der Waals surface area contributed by atoms with Crippen LogP contribution in [0.15, 0.2) is 41.2 Å². The van der Waals surface area contributed by atoms with Crippen LogP contribution in [0.3, 0.4) is 0 Å². The second-order valence-electron chi connectivity index (χ2n) is 5.95. The second kappa shape index (κ2) is 7.00. The first kappa shape index (κ1) is 18.9. The van der Waals surface area contributed by atoms with E-state index in [1.165, 1.54) is 22.0 Å². The number of halogens is 3. The quantitative estimate of drug-likeness (QED) is 0.661. The molecule has 3 aromatic rings. The van der Waals surface area contributed by atoms with Crippen molar-refractivity contribution in [3.8, 4) is 16.6 Å². The zero-order chi connectivity index (χ0) is 19.8. The lowest BCUT2D eigenvalue weighted by Gasteiger charge is -2.17. The molecular weight excluding hydrogens is 375 g/mol. The van der Waals surface area contributed by atoms with Gasteiger partial charge in [0.1, 0.15) is 11.6 Å². The zero-order valence-corrected chi connectivity index (χ0v) is 15.3. The third-order valence-electron chi connectivity index (χ3n) is 4.04. The summed E-state index contributed by atoms with van der Waals surface area (Å²) in [6.45, 7) is 3.48. The maximum absolute atomic E-state index is 13.5. The van der Waals surface area contributed by atoms with Crippen LogP contribution >= 0.6 is 11.3 Å². The van der Waals surface area contributed by atoms with Gasteiger partial charge >= 0.3 is 6.18 Å². The van der Waals surface area contributed by atoms with Gasteiger partial charge in [0.05, 0.1) is 33.4 Å². The Bertz CT molecular complexity index is 1090. The molecule has 0 fully saturated rings. The number of thiazole rings is 1. The molecule has 0 bridgehead atoms. The monoisotopic (exact) mass is 389 g/mol. The zero-order valence-electron chi connectivity index (χ0n) is 14.5. The predicted octanol–water partition coefficient (Wildman–Crippen LogP) is 4.53. The maximum atomic E-state index is 13.5. The number of pyridine rings is 1. The first-order valence-electron chi connectivity index (χ1n) is 7.96. The number of nitriles is 1. The summed E-state index contributed by atoms with van der Waals surface area (Å²) in [6, 6.07) is 11.2. The molecule has 138 valence electrons. The van der Waals surface area contributed by atoms with Gasteiger partial charge in [0.2, 0.25) is 0 Å². The van der Waals surface area contributed by atoms with Crippen LogP contribution in [0.25, 0.3) is 10.6 Å². The van der Waals surface area contributed by atoms with E-state index in [1.54, 1.807) is 44.2 Å². The van der Waals surface area contributed by atoms with E-state index in [2.05, 4.69) is 4.98 Å². The van der Waals surface area contributed by atoms with E-state index in [0.717, 1.165) is 11.6 Å².